The second-order valence-corrected chi connectivity index (χ2v) is 9.88. The van der Waals surface area contributed by atoms with Gasteiger partial charge < -0.3 is 16.0 Å². The van der Waals surface area contributed by atoms with Gasteiger partial charge in [0, 0.05) is 36.0 Å². The molecule has 0 bridgehead atoms. The first-order valence-corrected chi connectivity index (χ1v) is 13.1. The van der Waals surface area contributed by atoms with E-state index in [-0.39, 0.29) is 23.8 Å². The summed E-state index contributed by atoms with van der Waals surface area (Å²) in [6.45, 7) is 0.458. The zero-order chi connectivity index (χ0) is 26.3. The highest BCUT2D eigenvalue weighted by molar-refractivity contribution is 6.33. The monoisotopic (exact) mass is 529 g/mol. The van der Waals surface area contributed by atoms with E-state index in [2.05, 4.69) is 20.9 Å². The van der Waals surface area contributed by atoms with E-state index in [0.717, 1.165) is 48.3 Å². The fraction of sp³-hybridized carbons (Fsp3) is 0.233. The van der Waals surface area contributed by atoms with E-state index in [1.54, 1.807) is 12.3 Å². The minimum Gasteiger partial charge on any atom is -0.367 e. The maximum atomic E-state index is 13.5. The molecule has 5 rings (SSSR count). The summed E-state index contributed by atoms with van der Waals surface area (Å²) in [4.78, 5) is 21.7. The van der Waals surface area contributed by atoms with Crippen LogP contribution in [0.4, 0.5) is 16.0 Å². The van der Waals surface area contributed by atoms with Crippen molar-refractivity contribution in [2.24, 2.45) is 0 Å². The Morgan fingerprint density at radius 1 is 0.895 bits per heavy atom. The predicted molar refractivity (Wildman–Crippen MR) is 150 cm³/mol. The summed E-state index contributed by atoms with van der Waals surface area (Å²) in [5.41, 5.74) is 3.02. The summed E-state index contributed by atoms with van der Waals surface area (Å²) in [5, 5.41) is 10.4. The fourth-order valence-electron chi connectivity index (χ4n) is 4.69. The highest BCUT2D eigenvalue weighted by Crippen LogP contribution is 2.30. The third kappa shape index (κ3) is 6.66. The van der Waals surface area contributed by atoms with Crippen LogP contribution in [-0.4, -0.2) is 28.0 Å². The zero-order valence-electron chi connectivity index (χ0n) is 20.8. The molecule has 1 amide bonds. The normalized spacial score (nSPS) is 17.0. The molecular formula is C30H29ClFN5O. The van der Waals surface area contributed by atoms with Crippen LogP contribution in [0.25, 0.3) is 11.3 Å². The molecule has 2 heterocycles. The van der Waals surface area contributed by atoms with Gasteiger partial charge in [-0.1, -0.05) is 48.0 Å². The number of hydrogen-bond donors (Lipinski definition) is 3. The zero-order valence-corrected chi connectivity index (χ0v) is 21.6. The largest absolute Gasteiger partial charge is 0.367 e. The van der Waals surface area contributed by atoms with Crippen molar-refractivity contribution in [3.8, 4) is 11.3 Å². The van der Waals surface area contributed by atoms with Crippen molar-refractivity contribution in [1.29, 1.82) is 0 Å². The van der Waals surface area contributed by atoms with Crippen LogP contribution in [-0.2, 0) is 6.54 Å². The third-order valence-corrected chi connectivity index (χ3v) is 6.99. The van der Waals surface area contributed by atoms with Gasteiger partial charge in [0.05, 0.1) is 10.7 Å². The first-order valence-electron chi connectivity index (χ1n) is 12.8. The lowest BCUT2D eigenvalue weighted by atomic mass is 9.91. The molecule has 3 N–H and O–H groups in total. The lowest BCUT2D eigenvalue weighted by Crippen LogP contribution is -2.40. The van der Waals surface area contributed by atoms with Gasteiger partial charge in [0.25, 0.3) is 5.91 Å². The van der Waals surface area contributed by atoms with Crippen molar-refractivity contribution in [1.82, 2.24) is 15.3 Å². The molecule has 4 aromatic rings. The molecule has 1 fully saturated rings. The molecule has 1 saturated carbocycles. The summed E-state index contributed by atoms with van der Waals surface area (Å²) in [6, 6.07) is 23.8. The van der Waals surface area contributed by atoms with Crippen LogP contribution in [0.1, 0.15) is 41.6 Å². The van der Waals surface area contributed by atoms with E-state index in [0.29, 0.717) is 22.9 Å². The number of aromatic nitrogens is 2. The summed E-state index contributed by atoms with van der Waals surface area (Å²) >= 11 is 6.50. The van der Waals surface area contributed by atoms with Gasteiger partial charge in [0.15, 0.2) is 0 Å². The number of hydrogen-bond acceptors (Lipinski definition) is 5. The van der Waals surface area contributed by atoms with Gasteiger partial charge in [0.2, 0.25) is 0 Å². The first-order chi connectivity index (χ1) is 18.5. The lowest BCUT2D eigenvalue weighted by molar-refractivity contribution is 0.0926. The average Bonchev–Trinajstić information content (AvgIpc) is 2.95. The van der Waals surface area contributed by atoms with Crippen molar-refractivity contribution in [2.75, 3.05) is 10.6 Å². The van der Waals surface area contributed by atoms with Gasteiger partial charge in [-0.15, -0.1) is 0 Å². The van der Waals surface area contributed by atoms with E-state index in [9.17, 15) is 9.18 Å². The van der Waals surface area contributed by atoms with Gasteiger partial charge in [-0.05, 0) is 73.7 Å². The van der Waals surface area contributed by atoms with Crippen LogP contribution in [0.15, 0.2) is 85.1 Å². The standard InChI is InChI=1S/C30H29ClFN5O/c31-26-19-34-29(35-23-12-14-24(15-13-23)36-30(38)21-7-2-1-3-8-21)17-25(26)27-10-5-11-28(37-27)33-18-20-6-4-9-22(32)16-20/h1-11,16-17,19,23-24H,12-15,18H2,(H,33,37)(H,34,35)(H,36,38). The Hall–Kier alpha value is -3.97. The van der Waals surface area contributed by atoms with Crippen molar-refractivity contribution in [3.05, 3.63) is 107 Å². The number of nitrogens with zero attached hydrogens (tertiary/aromatic N) is 2. The van der Waals surface area contributed by atoms with Gasteiger partial charge in [-0.2, -0.15) is 0 Å². The van der Waals surface area contributed by atoms with Gasteiger partial charge in [-0.3, -0.25) is 4.79 Å². The molecule has 1 aliphatic carbocycles. The van der Waals surface area contributed by atoms with Gasteiger partial charge in [0.1, 0.15) is 17.5 Å². The van der Waals surface area contributed by atoms with Gasteiger partial charge >= 0.3 is 0 Å². The first kappa shape index (κ1) is 25.7. The Bertz CT molecular complexity index is 1390. The predicted octanol–water partition coefficient (Wildman–Crippen LogP) is 6.70. The number of halogens is 2. The molecule has 0 atom stereocenters. The number of rotatable bonds is 8. The summed E-state index contributed by atoms with van der Waals surface area (Å²) in [5.74, 6) is 1.12. The minimum atomic E-state index is -0.264. The smallest absolute Gasteiger partial charge is 0.251 e. The maximum absolute atomic E-state index is 13.5. The Morgan fingerprint density at radius 2 is 1.66 bits per heavy atom. The maximum Gasteiger partial charge on any atom is 0.251 e. The second kappa shape index (κ2) is 12.0. The summed E-state index contributed by atoms with van der Waals surface area (Å²) in [6.07, 6.45) is 5.29. The Balaban J connectivity index is 1.19. The molecule has 0 radical (unpaired) electrons. The number of benzene rings is 2. The lowest BCUT2D eigenvalue weighted by Gasteiger charge is -2.30. The van der Waals surface area contributed by atoms with Crippen LogP contribution in [0.3, 0.4) is 0 Å². The summed E-state index contributed by atoms with van der Waals surface area (Å²) < 4.78 is 13.5. The number of pyridine rings is 2. The molecule has 6 nitrogen and oxygen atoms in total. The van der Waals surface area contributed by atoms with Crippen LogP contribution >= 0.6 is 11.6 Å². The van der Waals surface area contributed by atoms with Crippen LogP contribution in [0.2, 0.25) is 5.02 Å². The molecule has 0 aliphatic heterocycles. The highest BCUT2D eigenvalue weighted by Gasteiger charge is 2.23. The van der Waals surface area contributed by atoms with Crippen molar-refractivity contribution < 1.29 is 9.18 Å². The average molecular weight is 530 g/mol. The highest BCUT2D eigenvalue weighted by atomic mass is 35.5. The van der Waals surface area contributed by atoms with Crippen LogP contribution in [0, 0.1) is 5.82 Å². The van der Waals surface area contributed by atoms with E-state index < -0.39 is 0 Å². The molecule has 38 heavy (non-hydrogen) atoms. The van der Waals surface area contributed by atoms with Crippen molar-refractivity contribution >= 4 is 29.1 Å². The summed E-state index contributed by atoms with van der Waals surface area (Å²) in [7, 11) is 0. The van der Waals surface area contributed by atoms with E-state index >= 15 is 0 Å². The number of carbonyl (C=O) groups is 1. The topological polar surface area (TPSA) is 78.9 Å². The number of carbonyl (C=O) groups excluding carboxylic acids is 1. The van der Waals surface area contributed by atoms with E-state index in [1.807, 2.05) is 60.7 Å². The molecule has 2 aromatic carbocycles. The number of nitrogens with one attached hydrogen (secondary N) is 3. The van der Waals surface area contributed by atoms with Gasteiger partial charge in [-0.25, -0.2) is 14.4 Å². The molecule has 2 aromatic heterocycles. The molecule has 8 heteroatoms. The second-order valence-electron chi connectivity index (χ2n) is 9.47. The molecule has 0 spiro atoms. The molecule has 194 valence electrons. The van der Waals surface area contributed by atoms with Crippen molar-refractivity contribution in [2.45, 2.75) is 44.3 Å². The Kier molecular flexibility index (Phi) is 8.14. The Labute approximate surface area is 226 Å². The third-order valence-electron chi connectivity index (χ3n) is 6.69. The quantitative estimate of drug-likeness (QED) is 0.237. The van der Waals surface area contributed by atoms with Crippen LogP contribution in [0.5, 0.6) is 0 Å². The fourth-order valence-corrected chi connectivity index (χ4v) is 4.89. The molecular weight excluding hydrogens is 501 g/mol. The molecule has 0 saturated heterocycles. The SMILES string of the molecule is O=C(NC1CCC(Nc2cc(-c3cccc(NCc4cccc(F)c4)n3)c(Cl)cn2)CC1)c1ccccc1. The Morgan fingerprint density at radius 3 is 2.45 bits per heavy atom. The van der Waals surface area contributed by atoms with Crippen molar-refractivity contribution in [3.63, 3.8) is 0 Å². The molecule has 0 unspecified atom stereocenters. The number of amides is 1. The minimum absolute atomic E-state index is 0.0221. The van der Waals surface area contributed by atoms with Crippen LogP contribution < -0.4 is 16.0 Å². The van der Waals surface area contributed by atoms with E-state index in [1.165, 1.54) is 12.1 Å². The number of anilines is 2. The molecule has 1 aliphatic rings. The van der Waals surface area contributed by atoms with E-state index in [4.69, 9.17) is 16.6 Å².